The van der Waals surface area contributed by atoms with Crippen LogP contribution in [0.3, 0.4) is 0 Å². The van der Waals surface area contributed by atoms with E-state index in [0.717, 1.165) is 25.4 Å². The number of hydrogen-bond donors (Lipinski definition) is 1. The highest BCUT2D eigenvalue weighted by molar-refractivity contribution is 5.72. The van der Waals surface area contributed by atoms with Gasteiger partial charge in [0.05, 0.1) is 0 Å². The molecule has 0 atom stereocenters. The van der Waals surface area contributed by atoms with Gasteiger partial charge >= 0.3 is 0 Å². The van der Waals surface area contributed by atoms with Gasteiger partial charge in [0.2, 0.25) is 5.91 Å². The van der Waals surface area contributed by atoms with Gasteiger partial charge in [0.25, 0.3) is 0 Å². The molecule has 100 valence electrons. The van der Waals surface area contributed by atoms with Gasteiger partial charge in [0.1, 0.15) is 0 Å². The molecule has 1 aliphatic rings. The maximum Gasteiger partial charge on any atom is 0.216 e. The third kappa shape index (κ3) is 5.53. The minimum Gasteiger partial charge on any atom is -0.356 e. The normalized spacial score (nSPS) is 19.3. The van der Waals surface area contributed by atoms with Crippen LogP contribution in [-0.2, 0) is 4.79 Å². The van der Waals surface area contributed by atoms with Crippen molar-refractivity contribution in [2.75, 3.05) is 26.2 Å². The molecule has 0 radical (unpaired) electrons. The van der Waals surface area contributed by atoms with E-state index in [1.165, 1.54) is 25.9 Å². The van der Waals surface area contributed by atoms with Crippen LogP contribution in [0.15, 0.2) is 0 Å². The second kappa shape index (κ2) is 6.39. The van der Waals surface area contributed by atoms with Crippen molar-refractivity contribution in [1.82, 2.24) is 10.2 Å². The van der Waals surface area contributed by atoms with Crippen LogP contribution in [0.4, 0.5) is 0 Å². The molecule has 0 aromatic heterocycles. The molecular weight excluding hydrogens is 212 g/mol. The lowest BCUT2D eigenvalue weighted by Gasteiger charge is -2.38. The molecule has 3 heteroatoms. The fraction of sp³-hybridized carbons (Fsp3) is 0.929. The third-order valence-corrected chi connectivity index (χ3v) is 3.84. The zero-order valence-electron chi connectivity index (χ0n) is 11.9. The summed E-state index contributed by atoms with van der Waals surface area (Å²) in [5, 5.41) is 2.85. The fourth-order valence-electron chi connectivity index (χ4n) is 2.59. The molecule has 1 heterocycles. The van der Waals surface area contributed by atoms with Gasteiger partial charge in [0.15, 0.2) is 0 Å². The average molecular weight is 240 g/mol. The molecule has 17 heavy (non-hydrogen) atoms. The molecule has 1 N–H and O–H groups in total. The highest BCUT2D eigenvalue weighted by Gasteiger charge is 2.28. The van der Waals surface area contributed by atoms with Crippen molar-refractivity contribution < 1.29 is 4.79 Å². The number of carbonyl (C=O) groups is 1. The van der Waals surface area contributed by atoms with Gasteiger partial charge in [-0.3, -0.25) is 4.79 Å². The van der Waals surface area contributed by atoms with E-state index in [2.05, 4.69) is 31.0 Å². The molecule has 0 saturated carbocycles. The third-order valence-electron chi connectivity index (χ3n) is 3.84. The molecular formula is C14H28N2O. The Labute approximate surface area is 106 Å². The summed E-state index contributed by atoms with van der Waals surface area (Å²) in [6.07, 6.45) is 3.72. The van der Waals surface area contributed by atoms with E-state index in [9.17, 15) is 4.79 Å². The molecule has 1 saturated heterocycles. The molecule has 1 amide bonds. The number of amides is 1. The van der Waals surface area contributed by atoms with E-state index in [0.29, 0.717) is 5.41 Å². The summed E-state index contributed by atoms with van der Waals surface area (Å²) in [5.74, 6) is 0.950. The largest absolute Gasteiger partial charge is 0.356 e. The Morgan fingerprint density at radius 3 is 2.35 bits per heavy atom. The van der Waals surface area contributed by atoms with Crippen LogP contribution in [0.25, 0.3) is 0 Å². The molecule has 0 aliphatic carbocycles. The lowest BCUT2D eigenvalue weighted by molar-refractivity contribution is -0.118. The predicted octanol–water partition coefficient (Wildman–Crippen LogP) is 2.27. The summed E-state index contributed by atoms with van der Waals surface area (Å²) >= 11 is 0. The van der Waals surface area contributed by atoms with Crippen LogP contribution in [0, 0.1) is 11.3 Å². The smallest absolute Gasteiger partial charge is 0.216 e. The highest BCUT2D eigenvalue weighted by atomic mass is 16.1. The first kappa shape index (κ1) is 14.5. The van der Waals surface area contributed by atoms with E-state index < -0.39 is 0 Å². The number of nitrogens with one attached hydrogen (secondary N) is 1. The predicted molar refractivity (Wildman–Crippen MR) is 71.9 cm³/mol. The molecule has 0 bridgehead atoms. The molecule has 0 unspecified atom stereocenters. The molecule has 1 fully saturated rings. The number of hydrogen-bond acceptors (Lipinski definition) is 2. The standard InChI is InChI=1S/C14H28N2O/c1-12(17)15-8-5-9-16-10-6-13(7-11-16)14(2,3)4/h13H,5-11H2,1-4H3,(H,15,17). The number of rotatable bonds is 4. The lowest BCUT2D eigenvalue weighted by atomic mass is 9.75. The van der Waals surface area contributed by atoms with Crippen molar-refractivity contribution >= 4 is 5.91 Å². The Morgan fingerprint density at radius 1 is 1.29 bits per heavy atom. The van der Waals surface area contributed by atoms with E-state index in [1.54, 1.807) is 6.92 Å². The van der Waals surface area contributed by atoms with Crippen LogP contribution in [0.1, 0.15) is 47.0 Å². The zero-order chi connectivity index (χ0) is 12.9. The van der Waals surface area contributed by atoms with Gasteiger partial charge in [-0.1, -0.05) is 20.8 Å². The minimum absolute atomic E-state index is 0.0800. The van der Waals surface area contributed by atoms with Gasteiger partial charge < -0.3 is 10.2 Å². The first-order chi connectivity index (χ1) is 7.89. The van der Waals surface area contributed by atoms with Crippen LogP contribution < -0.4 is 5.32 Å². The summed E-state index contributed by atoms with van der Waals surface area (Å²) in [4.78, 5) is 13.3. The summed E-state index contributed by atoms with van der Waals surface area (Å²) in [6.45, 7) is 13.0. The van der Waals surface area contributed by atoms with E-state index in [1.807, 2.05) is 0 Å². The van der Waals surface area contributed by atoms with E-state index in [4.69, 9.17) is 0 Å². The zero-order valence-corrected chi connectivity index (χ0v) is 11.9. The van der Waals surface area contributed by atoms with Crippen LogP contribution in [-0.4, -0.2) is 37.0 Å². The Bertz CT molecular complexity index is 237. The van der Waals surface area contributed by atoms with Gasteiger partial charge in [-0.05, 0) is 50.2 Å². The second-order valence-corrected chi connectivity index (χ2v) is 6.32. The summed E-state index contributed by atoms with van der Waals surface area (Å²) in [6, 6.07) is 0. The van der Waals surface area contributed by atoms with Crippen LogP contribution in [0.5, 0.6) is 0 Å². The topological polar surface area (TPSA) is 32.3 Å². The van der Waals surface area contributed by atoms with Crippen molar-refractivity contribution in [3.63, 3.8) is 0 Å². The van der Waals surface area contributed by atoms with Gasteiger partial charge in [-0.15, -0.1) is 0 Å². The van der Waals surface area contributed by atoms with E-state index in [-0.39, 0.29) is 5.91 Å². The average Bonchev–Trinajstić information content (AvgIpc) is 2.23. The molecule has 0 aromatic rings. The Morgan fingerprint density at radius 2 is 1.88 bits per heavy atom. The molecule has 1 rings (SSSR count). The summed E-state index contributed by atoms with van der Waals surface area (Å²) in [7, 11) is 0. The minimum atomic E-state index is 0.0800. The Hall–Kier alpha value is -0.570. The number of likely N-dealkylation sites (tertiary alicyclic amines) is 1. The summed E-state index contributed by atoms with van der Waals surface area (Å²) < 4.78 is 0. The maximum atomic E-state index is 10.7. The quantitative estimate of drug-likeness (QED) is 0.765. The van der Waals surface area contributed by atoms with Gasteiger partial charge in [-0.25, -0.2) is 0 Å². The maximum absolute atomic E-state index is 10.7. The highest BCUT2D eigenvalue weighted by Crippen LogP contribution is 2.34. The Balaban J connectivity index is 2.13. The molecule has 0 spiro atoms. The fourth-order valence-corrected chi connectivity index (χ4v) is 2.59. The second-order valence-electron chi connectivity index (χ2n) is 6.32. The van der Waals surface area contributed by atoms with Crippen LogP contribution >= 0.6 is 0 Å². The van der Waals surface area contributed by atoms with E-state index >= 15 is 0 Å². The van der Waals surface area contributed by atoms with Gasteiger partial charge in [0, 0.05) is 13.5 Å². The first-order valence-corrected chi connectivity index (χ1v) is 6.86. The van der Waals surface area contributed by atoms with Crippen molar-refractivity contribution in [2.45, 2.75) is 47.0 Å². The Kier molecular flexibility index (Phi) is 5.44. The lowest BCUT2D eigenvalue weighted by Crippen LogP contribution is -2.39. The summed E-state index contributed by atoms with van der Waals surface area (Å²) in [5.41, 5.74) is 0.461. The van der Waals surface area contributed by atoms with Crippen molar-refractivity contribution in [1.29, 1.82) is 0 Å². The van der Waals surface area contributed by atoms with Crippen molar-refractivity contribution in [3.8, 4) is 0 Å². The van der Waals surface area contributed by atoms with Crippen LogP contribution in [0.2, 0.25) is 0 Å². The van der Waals surface area contributed by atoms with Gasteiger partial charge in [-0.2, -0.15) is 0 Å². The van der Waals surface area contributed by atoms with Crippen molar-refractivity contribution in [2.24, 2.45) is 11.3 Å². The number of nitrogens with zero attached hydrogens (tertiary/aromatic N) is 1. The monoisotopic (exact) mass is 240 g/mol. The molecule has 0 aromatic carbocycles. The first-order valence-electron chi connectivity index (χ1n) is 6.86. The molecule has 3 nitrogen and oxygen atoms in total. The van der Waals surface area contributed by atoms with Crippen molar-refractivity contribution in [3.05, 3.63) is 0 Å². The SMILES string of the molecule is CC(=O)NCCCN1CCC(C(C)(C)C)CC1. The number of piperidine rings is 1. The number of carbonyl (C=O) groups excluding carboxylic acids is 1. The molecule has 1 aliphatic heterocycles.